The summed E-state index contributed by atoms with van der Waals surface area (Å²) < 4.78 is 22.2. The van der Waals surface area contributed by atoms with Gasteiger partial charge < -0.3 is 39.2 Å². The number of carbonyl (C=O) groups is 2. The first-order valence-electron chi connectivity index (χ1n) is 12.5. The van der Waals surface area contributed by atoms with Gasteiger partial charge in [0.1, 0.15) is 12.4 Å². The van der Waals surface area contributed by atoms with Gasteiger partial charge in [-0.2, -0.15) is 4.98 Å². The predicted molar refractivity (Wildman–Crippen MR) is 139 cm³/mol. The number of nitrogens with zero attached hydrogens (tertiary/aromatic N) is 6. The van der Waals surface area contributed by atoms with Crippen LogP contribution in [0.4, 0.5) is 22.3 Å². The summed E-state index contributed by atoms with van der Waals surface area (Å²) in [6.07, 6.45) is 2.27. The number of hydrogen-bond donors (Lipinski definition) is 2. The molecule has 2 aliphatic heterocycles. The molecule has 2 amide bonds. The Bertz CT molecular complexity index is 1530. The minimum absolute atomic E-state index is 0.0912. The largest absolute Gasteiger partial charge is 0.444 e. The zero-order valence-electron chi connectivity index (χ0n) is 21.1. The van der Waals surface area contributed by atoms with Gasteiger partial charge in [0.2, 0.25) is 11.5 Å². The smallest absolute Gasteiger partial charge is 0.404 e. The van der Waals surface area contributed by atoms with Gasteiger partial charge in [0.05, 0.1) is 25.4 Å². The molecule has 0 radical (unpaired) electrons. The van der Waals surface area contributed by atoms with E-state index in [-0.39, 0.29) is 5.69 Å². The number of nitrogens with one attached hydrogen (secondary N) is 1. The molecule has 14 heteroatoms. The van der Waals surface area contributed by atoms with Gasteiger partial charge >= 0.3 is 6.09 Å². The van der Waals surface area contributed by atoms with E-state index in [1.165, 1.54) is 6.26 Å². The second-order valence-electron chi connectivity index (χ2n) is 9.25. The third-order valence-corrected chi connectivity index (χ3v) is 6.49. The van der Waals surface area contributed by atoms with Crippen LogP contribution in [-0.4, -0.2) is 77.4 Å². The highest BCUT2D eigenvalue weighted by Crippen LogP contribution is 2.33. The Morgan fingerprint density at radius 1 is 1.13 bits per heavy atom. The lowest BCUT2D eigenvalue weighted by atomic mass is 10.2. The normalized spacial score (nSPS) is 17.5. The first-order valence-corrected chi connectivity index (χ1v) is 12.5. The maximum absolute atomic E-state index is 13.2. The summed E-state index contributed by atoms with van der Waals surface area (Å²) in [6, 6.07) is 5.68. The Labute approximate surface area is 222 Å². The van der Waals surface area contributed by atoms with Crippen LogP contribution in [0, 0.1) is 6.92 Å². The number of carbonyl (C=O) groups excluding carboxylic acids is 2. The average molecular weight is 535 g/mol. The Kier molecular flexibility index (Phi) is 6.44. The van der Waals surface area contributed by atoms with Crippen LogP contribution in [0.15, 0.2) is 39.5 Å². The van der Waals surface area contributed by atoms with E-state index < -0.39 is 18.1 Å². The van der Waals surface area contributed by atoms with Crippen molar-refractivity contribution in [2.45, 2.75) is 19.4 Å². The van der Waals surface area contributed by atoms with Gasteiger partial charge in [0.15, 0.2) is 17.1 Å². The minimum Gasteiger partial charge on any atom is -0.444 e. The SMILES string of the molecule is Cc1cc(-c2nc(C(=O)Nc3cc4oc(N5CCOCC5)nc4nc3N3CCC(OC(N)=O)C3)co2)ccn1. The lowest BCUT2D eigenvalue weighted by Crippen LogP contribution is -2.36. The Balaban J connectivity index is 1.31. The first kappa shape index (κ1) is 24.6. The van der Waals surface area contributed by atoms with Crippen molar-refractivity contribution in [2.24, 2.45) is 5.73 Å². The van der Waals surface area contributed by atoms with Crippen LogP contribution in [0.25, 0.3) is 22.7 Å². The van der Waals surface area contributed by atoms with Gasteiger partial charge in [-0.15, -0.1) is 0 Å². The number of fused-ring (bicyclic) bond motifs is 1. The van der Waals surface area contributed by atoms with Crippen molar-refractivity contribution in [3.63, 3.8) is 0 Å². The lowest BCUT2D eigenvalue weighted by molar-refractivity contribution is 0.102. The number of anilines is 3. The molecule has 2 aliphatic rings. The summed E-state index contributed by atoms with van der Waals surface area (Å²) in [7, 11) is 0. The zero-order valence-corrected chi connectivity index (χ0v) is 21.1. The molecular formula is C25H26N8O6. The molecular weight excluding hydrogens is 508 g/mol. The van der Waals surface area contributed by atoms with Crippen LogP contribution in [0.3, 0.4) is 0 Å². The number of oxazole rings is 2. The summed E-state index contributed by atoms with van der Waals surface area (Å²) in [6.45, 7) is 5.19. The molecule has 4 aromatic rings. The molecule has 3 N–H and O–H groups in total. The van der Waals surface area contributed by atoms with Crippen LogP contribution < -0.4 is 20.9 Å². The molecule has 0 aliphatic carbocycles. The van der Waals surface area contributed by atoms with E-state index in [1.54, 1.807) is 18.3 Å². The molecule has 6 heterocycles. The van der Waals surface area contributed by atoms with Crippen LogP contribution >= 0.6 is 0 Å². The van der Waals surface area contributed by atoms with Crippen molar-refractivity contribution in [3.8, 4) is 11.5 Å². The number of morpholine rings is 1. The Morgan fingerprint density at radius 2 is 1.97 bits per heavy atom. The van der Waals surface area contributed by atoms with E-state index in [9.17, 15) is 9.59 Å². The second-order valence-corrected chi connectivity index (χ2v) is 9.25. The fraction of sp³-hybridized carbons (Fsp3) is 0.360. The van der Waals surface area contributed by atoms with Gasteiger partial charge in [-0.05, 0) is 19.1 Å². The van der Waals surface area contributed by atoms with E-state index in [2.05, 4.69) is 20.3 Å². The van der Waals surface area contributed by atoms with Gasteiger partial charge in [0, 0.05) is 49.6 Å². The maximum atomic E-state index is 13.2. The van der Waals surface area contributed by atoms with Crippen LogP contribution in [-0.2, 0) is 9.47 Å². The third kappa shape index (κ3) is 5.18. The van der Waals surface area contributed by atoms with Gasteiger partial charge in [-0.1, -0.05) is 0 Å². The van der Waals surface area contributed by atoms with Crippen molar-refractivity contribution in [3.05, 3.63) is 42.0 Å². The number of primary amides is 1. The Hall–Kier alpha value is -4.72. The molecule has 1 atom stereocenters. The summed E-state index contributed by atoms with van der Waals surface area (Å²) in [5.74, 6) is 0.271. The van der Waals surface area contributed by atoms with Gasteiger partial charge in [-0.3, -0.25) is 9.78 Å². The summed E-state index contributed by atoms with van der Waals surface area (Å²) >= 11 is 0. The number of nitrogens with two attached hydrogens (primary N) is 1. The molecule has 2 saturated heterocycles. The van der Waals surface area contributed by atoms with E-state index in [1.807, 2.05) is 22.8 Å². The quantitative estimate of drug-likeness (QED) is 0.370. The Morgan fingerprint density at radius 3 is 2.77 bits per heavy atom. The monoisotopic (exact) mass is 534 g/mol. The third-order valence-electron chi connectivity index (χ3n) is 6.49. The van der Waals surface area contributed by atoms with E-state index >= 15 is 0 Å². The minimum atomic E-state index is -0.836. The number of amides is 2. The number of aromatic nitrogens is 4. The summed E-state index contributed by atoms with van der Waals surface area (Å²) in [5.41, 5.74) is 8.00. The number of rotatable bonds is 6. The van der Waals surface area contributed by atoms with E-state index in [4.69, 9.17) is 29.0 Å². The van der Waals surface area contributed by atoms with Crippen molar-refractivity contribution in [1.29, 1.82) is 0 Å². The molecule has 0 spiro atoms. The summed E-state index contributed by atoms with van der Waals surface area (Å²) in [5, 5.41) is 2.88. The lowest BCUT2D eigenvalue weighted by Gasteiger charge is -2.24. The average Bonchev–Trinajstić information content (AvgIpc) is 3.68. The van der Waals surface area contributed by atoms with Gasteiger partial charge in [0.25, 0.3) is 11.9 Å². The van der Waals surface area contributed by atoms with Crippen molar-refractivity contribution in [1.82, 2.24) is 19.9 Å². The number of aryl methyl sites for hydroxylation is 1. The molecule has 0 aromatic carbocycles. The molecule has 0 bridgehead atoms. The van der Waals surface area contributed by atoms with Gasteiger partial charge in [-0.25, -0.2) is 14.8 Å². The van der Waals surface area contributed by atoms with E-state index in [0.717, 1.165) is 5.69 Å². The first-order chi connectivity index (χ1) is 18.9. The molecule has 4 aromatic heterocycles. The molecule has 0 saturated carbocycles. The number of pyridine rings is 2. The maximum Gasteiger partial charge on any atom is 0.404 e. The highest BCUT2D eigenvalue weighted by Gasteiger charge is 2.30. The van der Waals surface area contributed by atoms with Crippen LogP contribution in [0.5, 0.6) is 0 Å². The molecule has 2 fully saturated rings. The molecule has 39 heavy (non-hydrogen) atoms. The number of ether oxygens (including phenoxy) is 2. The predicted octanol–water partition coefficient (Wildman–Crippen LogP) is 2.34. The highest BCUT2D eigenvalue weighted by atomic mass is 16.6. The topological polar surface area (TPSA) is 175 Å². The van der Waals surface area contributed by atoms with E-state index in [0.29, 0.717) is 86.0 Å². The van der Waals surface area contributed by atoms with Crippen LogP contribution in [0.2, 0.25) is 0 Å². The molecule has 1 unspecified atom stereocenters. The zero-order chi connectivity index (χ0) is 26.9. The molecule has 14 nitrogen and oxygen atoms in total. The highest BCUT2D eigenvalue weighted by molar-refractivity contribution is 6.05. The summed E-state index contributed by atoms with van der Waals surface area (Å²) in [4.78, 5) is 46.2. The standard InChI is InChI=1S/C25H26N8O6/c1-14-10-15(2-4-27-14)23-29-18(13-37-23)22(34)28-17-11-19-20(31-25(39-19)32-6-8-36-9-7-32)30-21(17)33-5-3-16(12-33)38-24(26)35/h2,4,10-11,13,16H,3,5-9,12H2,1H3,(H2,26,35)(H,28,34). The number of hydrogen-bond acceptors (Lipinski definition) is 12. The van der Waals surface area contributed by atoms with Crippen LogP contribution in [0.1, 0.15) is 22.6 Å². The van der Waals surface area contributed by atoms with Crippen molar-refractivity contribution < 1.29 is 27.9 Å². The van der Waals surface area contributed by atoms with Crippen molar-refractivity contribution in [2.75, 3.05) is 54.5 Å². The molecule has 202 valence electrons. The van der Waals surface area contributed by atoms with Crippen molar-refractivity contribution >= 4 is 40.8 Å². The molecule has 6 rings (SSSR count). The fourth-order valence-electron chi connectivity index (χ4n) is 4.62. The fourth-order valence-corrected chi connectivity index (χ4v) is 4.62. The second kappa shape index (κ2) is 10.2.